The first-order valence-corrected chi connectivity index (χ1v) is 8.11. The number of rotatable bonds is 4. The van der Waals surface area contributed by atoms with E-state index in [0.717, 1.165) is 10.5 Å². The third-order valence-electron chi connectivity index (χ3n) is 3.15. The van der Waals surface area contributed by atoms with Gasteiger partial charge in [-0.3, -0.25) is 0 Å². The van der Waals surface area contributed by atoms with E-state index >= 15 is 0 Å². The van der Waals surface area contributed by atoms with Crippen LogP contribution in [0.15, 0.2) is 53.4 Å². The fraction of sp³-hybridized carbons (Fsp3) is 0.176. The Hall–Kier alpha value is -1.29. The standard InChI is InChI=1S/C17H16ClFOS/c1-11(20)16(12-5-9-15(21-2)10-6-12)17(18)13-3-7-14(19)8-4-13/h3-11,20H,1-2H3. The quantitative estimate of drug-likeness (QED) is 0.629. The average molecular weight is 323 g/mol. The molecule has 21 heavy (non-hydrogen) atoms. The summed E-state index contributed by atoms with van der Waals surface area (Å²) in [6.07, 6.45) is 1.29. The number of hydrogen-bond donors (Lipinski definition) is 1. The van der Waals surface area contributed by atoms with Gasteiger partial charge in [0.25, 0.3) is 0 Å². The maximum atomic E-state index is 13.0. The molecule has 0 bridgehead atoms. The summed E-state index contributed by atoms with van der Waals surface area (Å²) in [6.45, 7) is 1.67. The molecule has 2 rings (SSSR count). The minimum absolute atomic E-state index is 0.314. The first-order chi connectivity index (χ1) is 10.0. The predicted octanol–water partition coefficient (Wildman–Crippen LogP) is 5.04. The van der Waals surface area contributed by atoms with Gasteiger partial charge in [0.2, 0.25) is 0 Å². The van der Waals surface area contributed by atoms with Crippen LogP contribution >= 0.6 is 23.4 Å². The molecular weight excluding hydrogens is 307 g/mol. The maximum Gasteiger partial charge on any atom is 0.123 e. The largest absolute Gasteiger partial charge is 0.389 e. The van der Waals surface area contributed by atoms with Crippen molar-refractivity contribution in [1.29, 1.82) is 0 Å². The Labute approximate surface area is 133 Å². The summed E-state index contributed by atoms with van der Waals surface area (Å²) in [4.78, 5) is 1.14. The lowest BCUT2D eigenvalue weighted by atomic mass is 9.98. The van der Waals surface area contributed by atoms with Gasteiger partial charge in [-0.05, 0) is 48.6 Å². The van der Waals surface area contributed by atoms with Crippen molar-refractivity contribution >= 4 is 34.0 Å². The topological polar surface area (TPSA) is 20.2 Å². The van der Waals surface area contributed by atoms with Gasteiger partial charge < -0.3 is 5.11 Å². The summed E-state index contributed by atoms with van der Waals surface area (Å²) in [6, 6.07) is 13.8. The van der Waals surface area contributed by atoms with Crippen molar-refractivity contribution in [3.63, 3.8) is 0 Å². The van der Waals surface area contributed by atoms with Crippen LogP contribution in [0, 0.1) is 5.82 Å². The van der Waals surface area contributed by atoms with Crippen molar-refractivity contribution in [1.82, 2.24) is 0 Å². The molecule has 0 aliphatic heterocycles. The molecule has 0 amide bonds. The maximum absolute atomic E-state index is 13.0. The van der Waals surface area contributed by atoms with Crippen LogP contribution in [0.1, 0.15) is 18.1 Å². The zero-order chi connectivity index (χ0) is 15.4. The summed E-state index contributed by atoms with van der Waals surface area (Å²) in [5.41, 5.74) is 2.18. The van der Waals surface area contributed by atoms with E-state index < -0.39 is 6.10 Å². The highest BCUT2D eigenvalue weighted by atomic mass is 35.5. The average Bonchev–Trinajstić information content (AvgIpc) is 2.48. The Morgan fingerprint density at radius 2 is 1.57 bits per heavy atom. The van der Waals surface area contributed by atoms with E-state index in [4.69, 9.17) is 11.6 Å². The zero-order valence-electron chi connectivity index (χ0n) is 11.8. The first kappa shape index (κ1) is 16.1. The highest BCUT2D eigenvalue weighted by molar-refractivity contribution is 7.98. The van der Waals surface area contributed by atoms with Gasteiger partial charge in [-0.15, -0.1) is 11.8 Å². The predicted molar refractivity (Wildman–Crippen MR) is 89.0 cm³/mol. The molecule has 0 aromatic heterocycles. The van der Waals surface area contributed by atoms with Gasteiger partial charge in [0.1, 0.15) is 5.82 Å². The van der Waals surface area contributed by atoms with Crippen LogP contribution in [0.3, 0.4) is 0 Å². The summed E-state index contributed by atoms with van der Waals surface area (Å²) in [5.74, 6) is -0.314. The van der Waals surface area contributed by atoms with Crippen molar-refractivity contribution in [2.75, 3.05) is 6.26 Å². The molecule has 1 atom stereocenters. The fourth-order valence-electron chi connectivity index (χ4n) is 2.07. The van der Waals surface area contributed by atoms with E-state index in [9.17, 15) is 9.50 Å². The number of aliphatic hydroxyl groups excluding tert-OH is 1. The van der Waals surface area contributed by atoms with E-state index in [0.29, 0.717) is 16.2 Å². The molecule has 0 spiro atoms. The van der Waals surface area contributed by atoms with Crippen LogP contribution in [0.25, 0.3) is 10.6 Å². The minimum atomic E-state index is -0.720. The lowest BCUT2D eigenvalue weighted by Gasteiger charge is -2.15. The lowest BCUT2D eigenvalue weighted by molar-refractivity contribution is 0.254. The smallest absolute Gasteiger partial charge is 0.123 e. The minimum Gasteiger partial charge on any atom is -0.389 e. The number of benzene rings is 2. The van der Waals surface area contributed by atoms with Crippen LogP contribution in [-0.4, -0.2) is 17.5 Å². The second-order valence-electron chi connectivity index (χ2n) is 4.64. The molecule has 0 heterocycles. The molecule has 0 radical (unpaired) electrons. The van der Waals surface area contributed by atoms with Crippen molar-refractivity contribution in [3.8, 4) is 0 Å². The molecule has 0 saturated carbocycles. The molecule has 4 heteroatoms. The monoisotopic (exact) mass is 322 g/mol. The second-order valence-corrected chi connectivity index (χ2v) is 5.90. The van der Waals surface area contributed by atoms with Crippen LogP contribution in [0.4, 0.5) is 4.39 Å². The van der Waals surface area contributed by atoms with Gasteiger partial charge >= 0.3 is 0 Å². The molecule has 2 aromatic rings. The Balaban J connectivity index is 2.49. The number of thioether (sulfide) groups is 1. The molecule has 2 aromatic carbocycles. The van der Waals surface area contributed by atoms with E-state index in [2.05, 4.69) is 0 Å². The van der Waals surface area contributed by atoms with Gasteiger partial charge in [0, 0.05) is 10.5 Å². The second kappa shape index (κ2) is 7.12. The van der Waals surface area contributed by atoms with E-state index in [1.807, 2.05) is 30.5 Å². The van der Waals surface area contributed by atoms with Gasteiger partial charge in [-0.1, -0.05) is 35.9 Å². The summed E-state index contributed by atoms with van der Waals surface area (Å²) >= 11 is 8.07. The van der Waals surface area contributed by atoms with Crippen molar-refractivity contribution in [3.05, 3.63) is 65.5 Å². The molecular formula is C17H16ClFOS. The molecule has 1 nitrogen and oxygen atoms in total. The highest BCUT2D eigenvalue weighted by Gasteiger charge is 2.15. The van der Waals surface area contributed by atoms with Crippen molar-refractivity contribution in [2.45, 2.75) is 17.9 Å². The van der Waals surface area contributed by atoms with Crippen LogP contribution in [0.5, 0.6) is 0 Å². The third kappa shape index (κ3) is 3.88. The first-order valence-electron chi connectivity index (χ1n) is 6.51. The molecule has 0 aliphatic carbocycles. The lowest BCUT2D eigenvalue weighted by Crippen LogP contribution is -2.05. The Morgan fingerprint density at radius 3 is 2.05 bits per heavy atom. The van der Waals surface area contributed by atoms with Gasteiger partial charge in [0.15, 0.2) is 0 Å². The van der Waals surface area contributed by atoms with E-state index in [1.165, 1.54) is 12.1 Å². The SMILES string of the molecule is CSc1ccc(C(=C(Cl)c2ccc(F)cc2)C(C)O)cc1. The third-order valence-corrected chi connectivity index (χ3v) is 4.32. The number of hydrogen-bond acceptors (Lipinski definition) is 2. The molecule has 0 aliphatic rings. The Morgan fingerprint density at radius 1 is 1.05 bits per heavy atom. The van der Waals surface area contributed by atoms with E-state index in [-0.39, 0.29) is 5.82 Å². The summed E-state index contributed by atoms with van der Waals surface area (Å²) < 4.78 is 13.0. The van der Waals surface area contributed by atoms with Crippen LogP contribution in [0.2, 0.25) is 0 Å². The fourth-order valence-corrected chi connectivity index (χ4v) is 2.87. The zero-order valence-corrected chi connectivity index (χ0v) is 13.4. The molecule has 1 unspecified atom stereocenters. The number of aliphatic hydroxyl groups is 1. The van der Waals surface area contributed by atoms with Crippen molar-refractivity contribution in [2.24, 2.45) is 0 Å². The molecule has 0 fully saturated rings. The van der Waals surface area contributed by atoms with Gasteiger partial charge in [0.05, 0.1) is 11.1 Å². The molecule has 110 valence electrons. The van der Waals surface area contributed by atoms with Crippen molar-refractivity contribution < 1.29 is 9.50 Å². The Bertz CT molecular complexity index is 633. The van der Waals surface area contributed by atoms with Gasteiger partial charge in [-0.2, -0.15) is 0 Å². The molecule has 1 N–H and O–H groups in total. The van der Waals surface area contributed by atoms with Crippen LogP contribution < -0.4 is 0 Å². The highest BCUT2D eigenvalue weighted by Crippen LogP contribution is 2.33. The number of halogens is 2. The Kier molecular flexibility index (Phi) is 5.45. The normalized spacial score (nSPS) is 13.8. The van der Waals surface area contributed by atoms with Crippen LogP contribution in [-0.2, 0) is 0 Å². The summed E-state index contributed by atoms with van der Waals surface area (Å²) in [5, 5.41) is 10.5. The summed E-state index contributed by atoms with van der Waals surface area (Å²) in [7, 11) is 0. The molecule has 0 saturated heterocycles. The van der Waals surface area contributed by atoms with Gasteiger partial charge in [-0.25, -0.2) is 4.39 Å². The van der Waals surface area contributed by atoms with E-state index in [1.54, 1.807) is 30.8 Å².